The third-order valence-corrected chi connectivity index (χ3v) is 9.70. The summed E-state index contributed by atoms with van der Waals surface area (Å²) in [5.41, 5.74) is 0. The highest BCUT2D eigenvalue weighted by atomic mass is 35.5. The monoisotopic (exact) mass is 636 g/mol. The van der Waals surface area contributed by atoms with E-state index in [9.17, 15) is 34.8 Å². The molecule has 0 radical (unpaired) electrons. The van der Waals surface area contributed by atoms with Gasteiger partial charge < -0.3 is 35.0 Å². The minimum Gasteiger partial charge on any atom is -0.481 e. The topological polar surface area (TPSA) is 171 Å². The first-order valence-electron chi connectivity index (χ1n) is 14.4. The number of aliphatic carboxylic acids is 2. The Labute approximate surface area is 258 Å². The number of thiophene rings is 1. The number of hydrogen-bond donors (Lipinski definition) is 5. The molecule has 1 aromatic heterocycles. The number of allylic oxidation sites excluding steroid dienone is 3. The highest BCUT2D eigenvalue weighted by Crippen LogP contribution is 2.37. The van der Waals surface area contributed by atoms with E-state index in [0.29, 0.717) is 50.0 Å². The van der Waals surface area contributed by atoms with Crippen molar-refractivity contribution >= 4 is 50.7 Å². The molecule has 4 rings (SSSR count). The van der Waals surface area contributed by atoms with Crippen LogP contribution in [-0.4, -0.2) is 80.1 Å². The van der Waals surface area contributed by atoms with Crippen LogP contribution in [0.2, 0.25) is 5.02 Å². The number of aryl methyl sites for hydroxylation is 1. The third kappa shape index (κ3) is 8.51. The first-order chi connectivity index (χ1) is 20.6. The van der Waals surface area contributed by atoms with E-state index in [-0.39, 0.29) is 24.0 Å². The second kappa shape index (κ2) is 15.4. The average molecular weight is 637 g/mol. The van der Waals surface area contributed by atoms with Crippen LogP contribution in [0.25, 0.3) is 10.1 Å². The maximum Gasteiger partial charge on any atom is 0.335 e. The van der Waals surface area contributed by atoms with Gasteiger partial charge in [-0.1, -0.05) is 54.1 Å². The van der Waals surface area contributed by atoms with Crippen LogP contribution < -0.4 is 0 Å². The number of ether oxygens (including phenoxy) is 2. The van der Waals surface area contributed by atoms with Gasteiger partial charge in [-0.05, 0) is 50.5 Å². The molecule has 2 heterocycles. The molecule has 1 aliphatic carbocycles. The van der Waals surface area contributed by atoms with Gasteiger partial charge in [0.1, 0.15) is 24.1 Å². The van der Waals surface area contributed by atoms with Crippen molar-refractivity contribution in [2.45, 2.75) is 88.2 Å². The molecule has 1 aromatic carbocycles. The fraction of sp³-hybridized carbons (Fsp3) is 0.516. The predicted molar refractivity (Wildman–Crippen MR) is 160 cm³/mol. The number of aliphatic hydroxyl groups is 3. The molecule has 2 aliphatic rings. The van der Waals surface area contributed by atoms with E-state index >= 15 is 0 Å². The number of carbonyl (C=O) groups excluding carboxylic acids is 1. The van der Waals surface area contributed by atoms with E-state index in [2.05, 4.69) is 0 Å². The molecule has 0 bridgehead atoms. The van der Waals surface area contributed by atoms with Crippen LogP contribution in [0.4, 0.5) is 0 Å². The Balaban J connectivity index is 1.49. The summed E-state index contributed by atoms with van der Waals surface area (Å²) in [6.45, 7) is 0. The van der Waals surface area contributed by atoms with Gasteiger partial charge in [-0.2, -0.15) is 0 Å². The Morgan fingerprint density at radius 2 is 1.88 bits per heavy atom. The lowest BCUT2D eigenvalue weighted by atomic mass is 9.91. The van der Waals surface area contributed by atoms with Gasteiger partial charge in [0, 0.05) is 33.7 Å². The van der Waals surface area contributed by atoms with Gasteiger partial charge in [0.15, 0.2) is 12.4 Å². The molecular formula is C31H37ClO10S. The van der Waals surface area contributed by atoms with E-state index < -0.39 is 48.7 Å². The number of hydrogen-bond acceptors (Lipinski definition) is 9. The molecule has 2 fully saturated rings. The number of halogens is 1. The Hall–Kier alpha value is -2.64. The fourth-order valence-electron chi connectivity index (χ4n) is 5.51. The van der Waals surface area contributed by atoms with Crippen LogP contribution in [0.1, 0.15) is 49.8 Å². The summed E-state index contributed by atoms with van der Waals surface area (Å²) in [5, 5.41) is 50.7. The fourth-order valence-corrected chi connectivity index (χ4v) is 7.06. The van der Waals surface area contributed by atoms with Crippen LogP contribution in [-0.2, 0) is 30.3 Å². The average Bonchev–Trinajstić information content (AvgIpc) is 3.49. The summed E-state index contributed by atoms with van der Waals surface area (Å²) in [6, 6.07) is 7.75. The number of ketones is 1. The van der Waals surface area contributed by atoms with Gasteiger partial charge in [-0.3, -0.25) is 9.59 Å². The van der Waals surface area contributed by atoms with Crippen LogP contribution in [0.15, 0.2) is 48.6 Å². The molecule has 0 amide bonds. The molecule has 2 aromatic rings. The smallest absolute Gasteiger partial charge is 0.335 e. The van der Waals surface area contributed by atoms with Crippen molar-refractivity contribution in [2.75, 3.05) is 0 Å². The standard InChI is InChI=1S/C31H37ClO10S/c32-25-20-8-5-6-9-22(20)43-23(25)16-14-18(41-31-28(38)26(36)27(37)29(42-31)30(39)40)13-11-17-12-15-21(33)19(17)7-3-1-2-4-10-24(34)35/h1,3,5-6,8-9,11,13,17-19,26-29,31,36-38H,2,4,7,10,12,14-16H2,(H,34,35)(H,39,40)/b3-1-,13-11+/t17-,18?,19+,26-,27-,28+,29-,31?/m0/s1. The summed E-state index contributed by atoms with van der Waals surface area (Å²) in [5.74, 6) is -2.52. The van der Waals surface area contributed by atoms with Crippen molar-refractivity contribution in [3.05, 3.63) is 58.5 Å². The SMILES string of the molecule is O=C(O)CCC/C=C\C[C@H]1C(=O)CC[C@@H]1/C=C/C(CCc1sc2ccccc2c1Cl)OC1O[C@H](C(=O)O)[C@@H](O)[C@H](O)[C@H]1O. The summed E-state index contributed by atoms with van der Waals surface area (Å²) < 4.78 is 12.4. The van der Waals surface area contributed by atoms with Gasteiger partial charge in [0.25, 0.3) is 0 Å². The van der Waals surface area contributed by atoms with Crippen molar-refractivity contribution in [2.24, 2.45) is 11.8 Å². The largest absolute Gasteiger partial charge is 0.481 e. The van der Waals surface area contributed by atoms with Crippen LogP contribution in [0.5, 0.6) is 0 Å². The van der Waals surface area contributed by atoms with Crippen molar-refractivity contribution in [1.29, 1.82) is 0 Å². The first kappa shape index (κ1) is 33.3. The zero-order valence-corrected chi connectivity index (χ0v) is 25.0. The lowest BCUT2D eigenvalue weighted by Gasteiger charge is -2.39. The summed E-state index contributed by atoms with van der Waals surface area (Å²) in [6.07, 6.45) is 1.87. The van der Waals surface area contributed by atoms with Crippen molar-refractivity contribution in [1.82, 2.24) is 0 Å². The third-order valence-electron chi connectivity index (χ3n) is 7.92. The molecule has 10 nitrogen and oxygen atoms in total. The Bertz CT molecular complexity index is 1340. The molecule has 1 saturated heterocycles. The van der Waals surface area contributed by atoms with Crippen molar-refractivity contribution in [3.63, 3.8) is 0 Å². The Kier molecular flexibility index (Phi) is 11.9. The number of rotatable bonds is 14. The number of benzene rings is 1. The molecule has 0 spiro atoms. The van der Waals surface area contributed by atoms with E-state index in [1.54, 1.807) is 17.4 Å². The van der Waals surface area contributed by atoms with Crippen molar-refractivity contribution in [3.8, 4) is 0 Å². The number of unbranched alkanes of at least 4 members (excludes halogenated alkanes) is 1. The molecule has 12 heteroatoms. The molecule has 43 heavy (non-hydrogen) atoms. The van der Waals surface area contributed by atoms with E-state index in [1.807, 2.05) is 42.5 Å². The first-order valence-corrected chi connectivity index (χ1v) is 15.6. The minimum absolute atomic E-state index is 0.0773. The maximum absolute atomic E-state index is 12.6. The summed E-state index contributed by atoms with van der Waals surface area (Å²) in [7, 11) is 0. The molecule has 1 saturated carbocycles. The second-order valence-corrected chi connectivity index (χ2v) is 12.5. The van der Waals surface area contributed by atoms with E-state index in [4.69, 9.17) is 26.2 Å². The van der Waals surface area contributed by atoms with Gasteiger partial charge in [-0.25, -0.2) is 4.79 Å². The van der Waals surface area contributed by atoms with Crippen LogP contribution in [0, 0.1) is 11.8 Å². The Morgan fingerprint density at radius 1 is 1.12 bits per heavy atom. The molecular weight excluding hydrogens is 600 g/mol. The zero-order valence-electron chi connectivity index (χ0n) is 23.5. The molecule has 234 valence electrons. The number of Topliss-reactive ketones (excluding diaryl/α,β-unsaturated/α-hetero) is 1. The molecule has 5 N–H and O–H groups in total. The van der Waals surface area contributed by atoms with E-state index in [1.165, 1.54) is 0 Å². The number of carboxylic acids is 2. The highest BCUT2D eigenvalue weighted by molar-refractivity contribution is 7.19. The van der Waals surface area contributed by atoms with E-state index in [0.717, 1.165) is 15.0 Å². The molecule has 2 unspecified atom stereocenters. The van der Waals surface area contributed by atoms with Gasteiger partial charge in [0.2, 0.25) is 0 Å². The lowest BCUT2D eigenvalue weighted by molar-refractivity contribution is -0.300. The number of carbonyl (C=O) groups is 3. The van der Waals surface area contributed by atoms with Crippen LogP contribution >= 0.6 is 22.9 Å². The number of aliphatic hydroxyl groups excluding tert-OH is 3. The second-order valence-electron chi connectivity index (χ2n) is 10.9. The van der Waals surface area contributed by atoms with Crippen molar-refractivity contribution < 1.29 is 49.4 Å². The lowest BCUT2D eigenvalue weighted by Crippen LogP contribution is -2.60. The highest BCUT2D eigenvalue weighted by Gasteiger charge is 2.48. The minimum atomic E-state index is -1.83. The summed E-state index contributed by atoms with van der Waals surface area (Å²) >= 11 is 8.19. The molecule has 8 atom stereocenters. The predicted octanol–water partition coefficient (Wildman–Crippen LogP) is 4.12. The quantitative estimate of drug-likeness (QED) is 0.150. The maximum atomic E-state index is 12.6. The zero-order chi connectivity index (χ0) is 31.1. The van der Waals surface area contributed by atoms with Gasteiger partial charge >= 0.3 is 11.9 Å². The Morgan fingerprint density at radius 3 is 2.60 bits per heavy atom. The normalized spacial score (nSPS) is 28.7. The number of fused-ring (bicyclic) bond motifs is 1. The van der Waals surface area contributed by atoms with Gasteiger partial charge in [0.05, 0.1) is 11.1 Å². The number of carboxylic acid groups (broad SMARTS) is 2. The van der Waals surface area contributed by atoms with Gasteiger partial charge in [-0.15, -0.1) is 11.3 Å². The molecule has 1 aliphatic heterocycles. The van der Waals surface area contributed by atoms with Crippen LogP contribution in [0.3, 0.4) is 0 Å². The summed E-state index contributed by atoms with van der Waals surface area (Å²) in [4.78, 5) is 35.9.